The Morgan fingerprint density at radius 2 is 1.60 bits per heavy atom. The third kappa shape index (κ3) is 2.55. The van der Waals surface area contributed by atoms with Crippen LogP contribution < -0.4 is 5.32 Å². The number of hydrogen-bond donors (Lipinski definition) is 1. The first-order valence-electron chi connectivity index (χ1n) is 6.56. The second-order valence-corrected chi connectivity index (χ2v) is 5.19. The fraction of sp³-hybridized carbons (Fsp3) is 0.188. The van der Waals surface area contributed by atoms with Crippen LogP contribution >= 0.6 is 11.6 Å². The Morgan fingerprint density at radius 1 is 1.00 bits per heavy atom. The van der Waals surface area contributed by atoms with Crippen LogP contribution in [0.5, 0.6) is 0 Å². The van der Waals surface area contributed by atoms with Gasteiger partial charge in [0, 0.05) is 5.56 Å². The van der Waals surface area contributed by atoms with E-state index in [-0.39, 0.29) is 11.8 Å². The van der Waals surface area contributed by atoms with Crippen LogP contribution in [0.1, 0.15) is 17.3 Å². The highest BCUT2D eigenvalue weighted by Crippen LogP contribution is 2.27. The molecule has 2 aromatic rings. The first-order valence-corrected chi connectivity index (χ1v) is 7.00. The summed E-state index contributed by atoms with van der Waals surface area (Å²) in [6.07, 6.45) is -0.0739. The molecule has 20 heavy (non-hydrogen) atoms. The van der Waals surface area contributed by atoms with Crippen molar-refractivity contribution in [2.45, 2.75) is 11.8 Å². The molecule has 3 rings (SSSR count). The zero-order valence-electron chi connectivity index (χ0n) is 11.2. The van der Waals surface area contributed by atoms with Gasteiger partial charge in [0.05, 0.1) is 0 Å². The van der Waals surface area contributed by atoms with Crippen LogP contribution in [0.2, 0.25) is 0 Å². The van der Waals surface area contributed by atoms with Gasteiger partial charge in [0.2, 0.25) is 0 Å². The summed E-state index contributed by atoms with van der Waals surface area (Å²) in [6, 6.07) is 20.2. The van der Waals surface area contributed by atoms with E-state index in [1.165, 1.54) is 0 Å². The van der Waals surface area contributed by atoms with Gasteiger partial charge in [-0.25, -0.2) is 9.89 Å². The molecular formula is C16H16ClN3. The SMILES string of the molecule is CN1C(Cl)NC(c2ccccc2)=NC1c1ccccc1. The van der Waals surface area contributed by atoms with Crippen molar-refractivity contribution in [3.63, 3.8) is 0 Å². The van der Waals surface area contributed by atoms with Crippen molar-refractivity contribution >= 4 is 17.4 Å². The van der Waals surface area contributed by atoms with Crippen molar-refractivity contribution in [1.82, 2.24) is 10.2 Å². The minimum atomic E-state index is -0.284. The monoisotopic (exact) mass is 285 g/mol. The van der Waals surface area contributed by atoms with Crippen LogP contribution in [-0.2, 0) is 0 Å². The maximum Gasteiger partial charge on any atom is 0.160 e. The van der Waals surface area contributed by atoms with E-state index in [1.54, 1.807) is 0 Å². The molecule has 4 heteroatoms. The van der Waals surface area contributed by atoms with Gasteiger partial charge in [0.1, 0.15) is 12.0 Å². The number of aliphatic imine (C=N–C) groups is 1. The van der Waals surface area contributed by atoms with Crippen molar-refractivity contribution in [1.29, 1.82) is 0 Å². The molecule has 1 heterocycles. The minimum Gasteiger partial charge on any atom is -0.342 e. The average Bonchev–Trinajstić information content (AvgIpc) is 2.51. The van der Waals surface area contributed by atoms with E-state index in [2.05, 4.69) is 17.4 Å². The second-order valence-electron chi connectivity index (χ2n) is 4.77. The Balaban J connectivity index is 2.00. The van der Waals surface area contributed by atoms with Gasteiger partial charge >= 0.3 is 0 Å². The van der Waals surface area contributed by atoms with Crippen molar-refractivity contribution in [2.75, 3.05) is 7.05 Å². The summed E-state index contributed by atoms with van der Waals surface area (Å²) in [5.74, 6) is 0.831. The molecule has 2 unspecified atom stereocenters. The largest absolute Gasteiger partial charge is 0.342 e. The van der Waals surface area contributed by atoms with Crippen molar-refractivity contribution in [2.24, 2.45) is 4.99 Å². The fourth-order valence-corrected chi connectivity index (χ4v) is 2.49. The number of nitrogens with one attached hydrogen (secondary N) is 1. The zero-order valence-corrected chi connectivity index (χ0v) is 12.0. The predicted octanol–water partition coefficient (Wildman–Crippen LogP) is 3.19. The number of benzene rings is 2. The highest BCUT2D eigenvalue weighted by Gasteiger charge is 2.28. The second kappa shape index (κ2) is 5.65. The molecule has 102 valence electrons. The van der Waals surface area contributed by atoms with Crippen LogP contribution in [-0.4, -0.2) is 23.4 Å². The number of nitrogens with zero attached hydrogens (tertiary/aromatic N) is 2. The van der Waals surface area contributed by atoms with Gasteiger partial charge in [0.25, 0.3) is 0 Å². The quantitative estimate of drug-likeness (QED) is 0.678. The predicted molar refractivity (Wildman–Crippen MR) is 82.7 cm³/mol. The molecular weight excluding hydrogens is 270 g/mol. The summed E-state index contributed by atoms with van der Waals surface area (Å²) in [4.78, 5) is 6.80. The number of halogens is 1. The van der Waals surface area contributed by atoms with Crippen LogP contribution in [0.4, 0.5) is 0 Å². The van der Waals surface area contributed by atoms with E-state index in [4.69, 9.17) is 16.6 Å². The molecule has 0 saturated carbocycles. The molecule has 0 fully saturated rings. The molecule has 1 aliphatic rings. The Kier molecular flexibility index (Phi) is 3.72. The summed E-state index contributed by atoms with van der Waals surface area (Å²) in [6.45, 7) is 0. The maximum atomic E-state index is 6.39. The van der Waals surface area contributed by atoms with Gasteiger partial charge in [-0.2, -0.15) is 0 Å². The summed E-state index contributed by atoms with van der Waals surface area (Å²) < 4.78 is 0. The fourth-order valence-electron chi connectivity index (χ4n) is 2.28. The topological polar surface area (TPSA) is 27.6 Å². The van der Waals surface area contributed by atoms with Gasteiger partial charge in [-0.15, -0.1) is 0 Å². The number of alkyl halides is 1. The molecule has 0 radical (unpaired) electrons. The Bertz CT molecular complexity index is 598. The van der Waals surface area contributed by atoms with Crippen molar-refractivity contribution in [3.05, 3.63) is 71.8 Å². The third-order valence-corrected chi connectivity index (χ3v) is 3.81. The highest BCUT2D eigenvalue weighted by molar-refractivity contribution is 6.22. The molecule has 2 aromatic carbocycles. The van der Waals surface area contributed by atoms with Crippen molar-refractivity contribution in [3.8, 4) is 0 Å². The van der Waals surface area contributed by atoms with E-state index in [0.29, 0.717) is 0 Å². The molecule has 0 amide bonds. The average molecular weight is 286 g/mol. The summed E-state index contributed by atoms with van der Waals surface area (Å²) in [5, 5.41) is 3.22. The number of rotatable bonds is 2. The molecule has 0 saturated heterocycles. The molecule has 1 aliphatic heterocycles. The summed E-state index contributed by atoms with van der Waals surface area (Å²) >= 11 is 6.39. The van der Waals surface area contributed by atoms with Gasteiger partial charge in [-0.05, 0) is 12.6 Å². The maximum absolute atomic E-state index is 6.39. The Hall–Kier alpha value is -1.84. The van der Waals surface area contributed by atoms with Gasteiger partial charge in [0.15, 0.2) is 5.62 Å². The zero-order chi connectivity index (χ0) is 13.9. The van der Waals surface area contributed by atoms with E-state index < -0.39 is 0 Å². The van der Waals surface area contributed by atoms with Crippen LogP contribution in [0.3, 0.4) is 0 Å². The summed E-state index contributed by atoms with van der Waals surface area (Å²) in [5.41, 5.74) is 1.90. The minimum absolute atomic E-state index is 0.0739. The smallest absolute Gasteiger partial charge is 0.160 e. The van der Waals surface area contributed by atoms with Gasteiger partial charge < -0.3 is 5.32 Å². The molecule has 2 atom stereocenters. The molecule has 0 aromatic heterocycles. The lowest BCUT2D eigenvalue weighted by molar-refractivity contribution is 0.206. The molecule has 3 nitrogen and oxygen atoms in total. The van der Waals surface area contributed by atoms with E-state index in [1.807, 2.05) is 60.5 Å². The lowest BCUT2D eigenvalue weighted by Gasteiger charge is -2.35. The van der Waals surface area contributed by atoms with E-state index in [9.17, 15) is 0 Å². The van der Waals surface area contributed by atoms with Crippen LogP contribution in [0.15, 0.2) is 65.7 Å². The van der Waals surface area contributed by atoms with E-state index >= 15 is 0 Å². The molecule has 1 N–H and O–H groups in total. The highest BCUT2D eigenvalue weighted by atomic mass is 35.5. The van der Waals surface area contributed by atoms with E-state index in [0.717, 1.165) is 17.0 Å². The Morgan fingerprint density at radius 3 is 2.25 bits per heavy atom. The van der Waals surface area contributed by atoms with Gasteiger partial charge in [-0.1, -0.05) is 72.3 Å². The molecule has 0 bridgehead atoms. The first-order chi connectivity index (χ1) is 9.75. The first kappa shape index (κ1) is 13.2. The lowest BCUT2D eigenvalue weighted by atomic mass is 10.1. The molecule has 0 aliphatic carbocycles. The van der Waals surface area contributed by atoms with Gasteiger partial charge in [-0.3, -0.25) is 0 Å². The molecule has 0 spiro atoms. The number of hydrogen-bond acceptors (Lipinski definition) is 3. The van der Waals surface area contributed by atoms with Crippen LogP contribution in [0.25, 0.3) is 0 Å². The number of amidine groups is 1. The third-order valence-electron chi connectivity index (χ3n) is 3.40. The van der Waals surface area contributed by atoms with Crippen LogP contribution in [0, 0.1) is 0 Å². The summed E-state index contributed by atoms with van der Waals surface area (Å²) in [7, 11) is 1.97. The lowest BCUT2D eigenvalue weighted by Crippen LogP contribution is -2.48. The standard InChI is InChI=1S/C16H16ClN3/c1-20-15(13-10-6-3-7-11-13)18-14(19-16(20)17)12-8-4-2-5-9-12/h2-11,15-16H,1H3,(H,18,19). The Labute approximate surface area is 123 Å². The normalized spacial score (nSPS) is 23.0. The van der Waals surface area contributed by atoms with Crippen molar-refractivity contribution < 1.29 is 0 Å².